The van der Waals surface area contributed by atoms with Gasteiger partial charge in [-0.1, -0.05) is 13.8 Å². The Bertz CT molecular complexity index is 494. The fourth-order valence-corrected chi connectivity index (χ4v) is 3.33. The fourth-order valence-electron chi connectivity index (χ4n) is 3.33. The first-order valence-corrected chi connectivity index (χ1v) is 7.67. The van der Waals surface area contributed by atoms with Gasteiger partial charge in [-0.05, 0) is 50.2 Å². The number of hydrogen-bond donors (Lipinski definition) is 1. The van der Waals surface area contributed by atoms with Crippen LogP contribution in [0.25, 0.3) is 0 Å². The number of ether oxygens (including phenoxy) is 1. The van der Waals surface area contributed by atoms with Crippen LogP contribution in [0.2, 0.25) is 0 Å². The minimum absolute atomic E-state index is 0.0897. The van der Waals surface area contributed by atoms with Crippen molar-refractivity contribution in [3.05, 3.63) is 28.3 Å². The molecule has 1 aliphatic carbocycles. The third-order valence-corrected chi connectivity index (χ3v) is 4.02. The number of rotatable bonds is 5. The van der Waals surface area contributed by atoms with Gasteiger partial charge in [0.2, 0.25) is 0 Å². The van der Waals surface area contributed by atoms with Crippen LogP contribution in [0.5, 0.6) is 5.75 Å². The van der Waals surface area contributed by atoms with Crippen molar-refractivity contribution in [2.75, 3.05) is 11.9 Å². The van der Waals surface area contributed by atoms with Crippen LogP contribution in [0.1, 0.15) is 40.0 Å². The highest BCUT2D eigenvalue weighted by Gasteiger charge is 2.26. The number of benzene rings is 1. The second-order valence-corrected chi connectivity index (χ2v) is 6.13. The van der Waals surface area contributed by atoms with Gasteiger partial charge >= 0.3 is 0 Å². The molecule has 1 aromatic rings. The smallest absolute Gasteiger partial charge is 0.296 e. The lowest BCUT2D eigenvalue weighted by molar-refractivity contribution is -0.384. The Hall–Kier alpha value is -1.78. The second kappa shape index (κ2) is 6.78. The van der Waals surface area contributed by atoms with Crippen LogP contribution < -0.4 is 10.1 Å². The summed E-state index contributed by atoms with van der Waals surface area (Å²) in [5.41, 5.74) is 0.682. The van der Waals surface area contributed by atoms with Crippen molar-refractivity contribution in [1.82, 2.24) is 0 Å². The van der Waals surface area contributed by atoms with E-state index in [4.69, 9.17) is 4.74 Å². The molecule has 0 amide bonds. The molecule has 21 heavy (non-hydrogen) atoms. The normalized spacial score (nSPS) is 25.4. The zero-order chi connectivity index (χ0) is 15.4. The summed E-state index contributed by atoms with van der Waals surface area (Å²) in [6.45, 7) is 6.86. The van der Waals surface area contributed by atoms with Crippen LogP contribution in [0.3, 0.4) is 0 Å². The highest BCUT2D eigenvalue weighted by Crippen LogP contribution is 2.34. The van der Waals surface area contributed by atoms with Gasteiger partial charge in [0, 0.05) is 6.04 Å². The van der Waals surface area contributed by atoms with Gasteiger partial charge in [0.1, 0.15) is 11.4 Å². The molecule has 0 aromatic heterocycles. The molecule has 1 aromatic carbocycles. The largest absolute Gasteiger partial charge is 0.494 e. The topological polar surface area (TPSA) is 64.4 Å². The number of nitrogens with one attached hydrogen (secondary N) is 1. The average molecular weight is 292 g/mol. The number of nitro groups is 1. The summed E-state index contributed by atoms with van der Waals surface area (Å²) < 4.78 is 5.34. The molecule has 1 aliphatic rings. The first-order chi connectivity index (χ1) is 9.99. The second-order valence-electron chi connectivity index (χ2n) is 6.13. The van der Waals surface area contributed by atoms with E-state index in [0.717, 1.165) is 12.8 Å². The Labute approximate surface area is 125 Å². The third kappa shape index (κ3) is 4.09. The maximum atomic E-state index is 11.3. The Morgan fingerprint density at radius 3 is 2.52 bits per heavy atom. The molecule has 2 atom stereocenters. The van der Waals surface area contributed by atoms with Gasteiger partial charge in [0.05, 0.1) is 17.6 Å². The Kier molecular flexibility index (Phi) is 5.04. The summed E-state index contributed by atoms with van der Waals surface area (Å²) in [4.78, 5) is 10.9. The molecular weight excluding hydrogens is 268 g/mol. The van der Waals surface area contributed by atoms with Gasteiger partial charge < -0.3 is 10.1 Å². The molecule has 0 radical (unpaired) electrons. The number of hydrogen-bond acceptors (Lipinski definition) is 4. The molecule has 0 saturated heterocycles. The molecule has 5 nitrogen and oxygen atoms in total. The molecule has 1 fully saturated rings. The van der Waals surface area contributed by atoms with E-state index < -0.39 is 0 Å². The maximum Gasteiger partial charge on any atom is 0.296 e. The van der Waals surface area contributed by atoms with Crippen molar-refractivity contribution in [3.8, 4) is 5.75 Å². The van der Waals surface area contributed by atoms with Gasteiger partial charge in [0.25, 0.3) is 5.69 Å². The van der Waals surface area contributed by atoms with Crippen LogP contribution in [0.15, 0.2) is 18.2 Å². The predicted octanol–water partition coefficient (Wildman–Crippen LogP) is 4.23. The lowest BCUT2D eigenvalue weighted by atomic mass is 9.80. The van der Waals surface area contributed by atoms with Gasteiger partial charge in [-0.2, -0.15) is 0 Å². The number of nitro benzene ring substituents is 1. The van der Waals surface area contributed by atoms with Crippen LogP contribution in [0, 0.1) is 22.0 Å². The summed E-state index contributed by atoms with van der Waals surface area (Å²) in [6.07, 6.45) is 3.37. The minimum Gasteiger partial charge on any atom is -0.494 e. The van der Waals surface area contributed by atoms with E-state index in [-0.39, 0.29) is 10.6 Å². The van der Waals surface area contributed by atoms with E-state index in [1.807, 2.05) is 6.92 Å². The molecule has 2 rings (SSSR count). The van der Waals surface area contributed by atoms with Crippen LogP contribution in [0.4, 0.5) is 11.4 Å². The Morgan fingerprint density at radius 1 is 1.29 bits per heavy atom. The van der Waals surface area contributed by atoms with E-state index in [0.29, 0.717) is 35.9 Å². The lowest BCUT2D eigenvalue weighted by Crippen LogP contribution is -2.30. The summed E-state index contributed by atoms with van der Waals surface area (Å²) in [6, 6.07) is 5.35. The molecule has 1 N–H and O–H groups in total. The monoisotopic (exact) mass is 292 g/mol. The van der Waals surface area contributed by atoms with Crippen molar-refractivity contribution in [2.45, 2.75) is 46.1 Å². The summed E-state index contributed by atoms with van der Waals surface area (Å²) in [7, 11) is 0. The molecule has 0 bridgehead atoms. The quantitative estimate of drug-likeness (QED) is 0.651. The van der Waals surface area contributed by atoms with Crippen molar-refractivity contribution in [3.63, 3.8) is 0 Å². The summed E-state index contributed by atoms with van der Waals surface area (Å²) >= 11 is 0. The van der Waals surface area contributed by atoms with Crippen molar-refractivity contribution < 1.29 is 9.66 Å². The first kappa shape index (κ1) is 15.6. The van der Waals surface area contributed by atoms with Crippen LogP contribution in [-0.2, 0) is 0 Å². The third-order valence-electron chi connectivity index (χ3n) is 4.02. The van der Waals surface area contributed by atoms with Gasteiger partial charge in [0.15, 0.2) is 0 Å². The maximum absolute atomic E-state index is 11.3. The van der Waals surface area contributed by atoms with E-state index >= 15 is 0 Å². The molecule has 0 spiro atoms. The van der Waals surface area contributed by atoms with Gasteiger partial charge in [-0.15, -0.1) is 0 Å². The molecule has 0 aliphatic heterocycles. The van der Waals surface area contributed by atoms with Crippen LogP contribution in [-0.4, -0.2) is 17.6 Å². The fraction of sp³-hybridized carbons (Fsp3) is 0.625. The Morgan fingerprint density at radius 2 is 1.95 bits per heavy atom. The zero-order valence-corrected chi connectivity index (χ0v) is 13.0. The van der Waals surface area contributed by atoms with Crippen LogP contribution >= 0.6 is 0 Å². The lowest BCUT2D eigenvalue weighted by Gasteiger charge is -2.32. The highest BCUT2D eigenvalue weighted by molar-refractivity contribution is 5.64. The van der Waals surface area contributed by atoms with Crippen molar-refractivity contribution in [2.24, 2.45) is 11.8 Å². The molecule has 116 valence electrons. The first-order valence-electron chi connectivity index (χ1n) is 7.67. The number of nitrogens with zero attached hydrogens (tertiary/aromatic N) is 1. The molecule has 2 unspecified atom stereocenters. The van der Waals surface area contributed by atoms with Gasteiger partial charge in [-0.3, -0.25) is 10.1 Å². The van der Waals surface area contributed by atoms with Gasteiger partial charge in [-0.25, -0.2) is 0 Å². The molecule has 0 heterocycles. The SMILES string of the molecule is CCOc1ccc(NC2CC(C)CC(C)C2)c([N+](=O)[O-])c1. The van der Waals surface area contributed by atoms with E-state index in [2.05, 4.69) is 19.2 Å². The van der Waals surface area contributed by atoms with E-state index in [1.165, 1.54) is 12.5 Å². The zero-order valence-electron chi connectivity index (χ0n) is 13.0. The number of anilines is 1. The predicted molar refractivity (Wildman–Crippen MR) is 83.9 cm³/mol. The average Bonchev–Trinajstić information content (AvgIpc) is 2.39. The summed E-state index contributed by atoms with van der Waals surface area (Å²) in [5.74, 6) is 1.86. The van der Waals surface area contributed by atoms with Crippen molar-refractivity contribution in [1.29, 1.82) is 0 Å². The minimum atomic E-state index is -0.347. The van der Waals surface area contributed by atoms with Crippen molar-refractivity contribution >= 4 is 11.4 Å². The molecule has 5 heteroatoms. The van der Waals surface area contributed by atoms with E-state index in [9.17, 15) is 10.1 Å². The standard InChI is InChI=1S/C16H24N2O3/c1-4-21-14-5-6-15(16(10-14)18(19)20)17-13-8-11(2)7-12(3)9-13/h5-6,10-13,17H,4,7-9H2,1-3H3. The summed E-state index contributed by atoms with van der Waals surface area (Å²) in [5, 5.41) is 14.6. The molecule has 1 saturated carbocycles. The highest BCUT2D eigenvalue weighted by atomic mass is 16.6. The van der Waals surface area contributed by atoms with E-state index in [1.54, 1.807) is 12.1 Å². The Balaban J connectivity index is 2.16. The molecular formula is C16H24N2O3.